The number of aromatic nitrogens is 1. The molecule has 130 valence electrons. The molecule has 1 aromatic heterocycles. The molecule has 2 N–H and O–H groups in total. The molecule has 0 aliphatic rings. The average molecular weight is 347 g/mol. The summed E-state index contributed by atoms with van der Waals surface area (Å²) in [4.78, 5) is 8.95. The lowest BCUT2D eigenvalue weighted by Crippen LogP contribution is -2.44. The van der Waals surface area contributed by atoms with Crippen LogP contribution in [-0.2, 0) is 11.2 Å². The molecule has 1 unspecified atom stereocenters. The number of nitrogens with zero attached hydrogens (tertiary/aromatic N) is 2. The van der Waals surface area contributed by atoms with Gasteiger partial charge in [-0.15, -0.1) is 11.3 Å². The van der Waals surface area contributed by atoms with E-state index in [1.165, 1.54) is 11.1 Å². The number of hydrogen-bond acceptors (Lipinski definition) is 4. The Morgan fingerprint density at radius 3 is 2.75 bits per heavy atom. The molecule has 0 spiro atoms. The van der Waals surface area contributed by atoms with Crippen molar-refractivity contribution < 1.29 is 4.74 Å². The van der Waals surface area contributed by atoms with E-state index in [2.05, 4.69) is 59.1 Å². The number of guanidine groups is 1. The third-order valence-corrected chi connectivity index (χ3v) is 4.49. The Balaban J connectivity index is 1.83. The first-order valence-corrected chi connectivity index (χ1v) is 8.98. The Morgan fingerprint density at radius 1 is 1.33 bits per heavy atom. The van der Waals surface area contributed by atoms with Crippen LogP contribution in [0.5, 0.6) is 0 Å². The summed E-state index contributed by atoms with van der Waals surface area (Å²) in [5.41, 5.74) is 3.54. The fraction of sp³-hybridized carbons (Fsp3) is 0.444. The van der Waals surface area contributed by atoms with Crippen molar-refractivity contribution >= 4 is 17.3 Å². The SMILES string of the molecule is CN=C(NCCc1csc(-c2ccc(C)cc2)n1)NC(C)COC. The highest BCUT2D eigenvalue weighted by atomic mass is 32.1. The van der Waals surface area contributed by atoms with Crippen LogP contribution in [0.2, 0.25) is 0 Å². The van der Waals surface area contributed by atoms with E-state index in [0.29, 0.717) is 6.61 Å². The molecule has 6 heteroatoms. The van der Waals surface area contributed by atoms with Crippen molar-refractivity contribution in [2.24, 2.45) is 4.99 Å². The van der Waals surface area contributed by atoms with E-state index in [9.17, 15) is 0 Å². The second-order valence-corrected chi connectivity index (χ2v) is 6.62. The van der Waals surface area contributed by atoms with Gasteiger partial charge in [0.1, 0.15) is 5.01 Å². The summed E-state index contributed by atoms with van der Waals surface area (Å²) in [6.45, 7) is 5.59. The van der Waals surface area contributed by atoms with E-state index in [0.717, 1.165) is 29.6 Å². The number of aryl methyl sites for hydroxylation is 1. The van der Waals surface area contributed by atoms with Crippen LogP contribution in [0.1, 0.15) is 18.2 Å². The number of ether oxygens (including phenoxy) is 1. The van der Waals surface area contributed by atoms with Gasteiger partial charge in [-0.25, -0.2) is 4.98 Å². The fourth-order valence-electron chi connectivity index (χ4n) is 2.28. The predicted molar refractivity (Wildman–Crippen MR) is 102 cm³/mol. The van der Waals surface area contributed by atoms with Crippen molar-refractivity contribution in [3.05, 3.63) is 40.9 Å². The van der Waals surface area contributed by atoms with Gasteiger partial charge in [-0.3, -0.25) is 4.99 Å². The Labute approximate surface area is 148 Å². The van der Waals surface area contributed by atoms with Crippen molar-refractivity contribution in [3.8, 4) is 10.6 Å². The van der Waals surface area contributed by atoms with E-state index in [4.69, 9.17) is 9.72 Å². The number of rotatable bonds is 7. The number of aliphatic imine (C=N–C) groups is 1. The zero-order valence-electron chi connectivity index (χ0n) is 14.8. The summed E-state index contributed by atoms with van der Waals surface area (Å²) < 4.78 is 5.12. The van der Waals surface area contributed by atoms with Crippen LogP contribution in [0.25, 0.3) is 10.6 Å². The molecule has 1 heterocycles. The number of methoxy groups -OCH3 is 1. The molecule has 24 heavy (non-hydrogen) atoms. The number of hydrogen-bond donors (Lipinski definition) is 2. The maximum atomic E-state index is 5.12. The number of thiazole rings is 1. The van der Waals surface area contributed by atoms with E-state index in [1.54, 1.807) is 25.5 Å². The van der Waals surface area contributed by atoms with Gasteiger partial charge in [0.15, 0.2) is 5.96 Å². The predicted octanol–water partition coefficient (Wildman–Crippen LogP) is 2.86. The van der Waals surface area contributed by atoms with Gasteiger partial charge in [-0.1, -0.05) is 29.8 Å². The molecule has 0 saturated carbocycles. The minimum Gasteiger partial charge on any atom is -0.383 e. The number of benzene rings is 1. The van der Waals surface area contributed by atoms with Crippen molar-refractivity contribution in [2.45, 2.75) is 26.3 Å². The Kier molecular flexibility index (Phi) is 7.21. The van der Waals surface area contributed by atoms with E-state index < -0.39 is 0 Å². The molecule has 0 fully saturated rings. The molecular formula is C18H26N4OS. The van der Waals surface area contributed by atoms with Gasteiger partial charge in [0.25, 0.3) is 0 Å². The maximum absolute atomic E-state index is 5.12. The molecule has 2 rings (SSSR count). The topological polar surface area (TPSA) is 58.5 Å². The largest absolute Gasteiger partial charge is 0.383 e. The van der Waals surface area contributed by atoms with Gasteiger partial charge in [-0.2, -0.15) is 0 Å². The minimum atomic E-state index is 0.216. The molecule has 0 amide bonds. The molecule has 0 radical (unpaired) electrons. The second kappa shape index (κ2) is 9.39. The second-order valence-electron chi connectivity index (χ2n) is 5.76. The Bertz CT molecular complexity index is 651. The van der Waals surface area contributed by atoms with Crippen LogP contribution in [0.4, 0.5) is 0 Å². The van der Waals surface area contributed by atoms with Crippen LogP contribution in [0, 0.1) is 6.92 Å². The standard InChI is InChI=1S/C18H26N4OS/c1-13-5-7-15(8-6-13)17-22-16(12-24-17)9-10-20-18(19-3)21-14(2)11-23-4/h5-8,12,14H,9-11H2,1-4H3,(H2,19,20,21). The molecular weight excluding hydrogens is 320 g/mol. The first-order chi connectivity index (χ1) is 11.6. The van der Waals surface area contributed by atoms with Gasteiger partial charge in [0.2, 0.25) is 0 Å². The van der Waals surface area contributed by atoms with Gasteiger partial charge < -0.3 is 15.4 Å². The molecule has 0 saturated heterocycles. The summed E-state index contributed by atoms with van der Waals surface area (Å²) in [5.74, 6) is 0.786. The molecule has 2 aromatic rings. The first-order valence-electron chi connectivity index (χ1n) is 8.10. The molecule has 0 bridgehead atoms. The number of nitrogens with one attached hydrogen (secondary N) is 2. The summed E-state index contributed by atoms with van der Waals surface area (Å²) in [6.07, 6.45) is 0.863. The highest BCUT2D eigenvalue weighted by molar-refractivity contribution is 7.13. The lowest BCUT2D eigenvalue weighted by atomic mass is 10.2. The molecule has 5 nitrogen and oxygen atoms in total. The molecule has 1 atom stereocenters. The Morgan fingerprint density at radius 2 is 2.08 bits per heavy atom. The van der Waals surface area contributed by atoms with Gasteiger partial charge >= 0.3 is 0 Å². The zero-order chi connectivity index (χ0) is 17.4. The van der Waals surface area contributed by atoms with Crippen LogP contribution >= 0.6 is 11.3 Å². The summed E-state index contributed by atoms with van der Waals surface area (Å²) in [7, 11) is 3.47. The molecule has 0 aliphatic carbocycles. The van der Waals surface area contributed by atoms with Gasteiger partial charge in [-0.05, 0) is 13.8 Å². The fourth-order valence-corrected chi connectivity index (χ4v) is 3.14. The van der Waals surface area contributed by atoms with Crippen molar-refractivity contribution in [1.29, 1.82) is 0 Å². The van der Waals surface area contributed by atoms with E-state index in [1.807, 2.05) is 0 Å². The summed E-state index contributed by atoms with van der Waals surface area (Å²) >= 11 is 1.69. The van der Waals surface area contributed by atoms with Crippen LogP contribution in [-0.4, -0.2) is 44.3 Å². The first kappa shape index (κ1) is 18.4. The van der Waals surface area contributed by atoms with Crippen molar-refractivity contribution in [3.63, 3.8) is 0 Å². The molecule has 0 aliphatic heterocycles. The third-order valence-electron chi connectivity index (χ3n) is 3.55. The summed E-state index contributed by atoms with van der Waals surface area (Å²) in [5, 5.41) is 9.79. The monoisotopic (exact) mass is 346 g/mol. The van der Waals surface area contributed by atoms with Crippen LogP contribution < -0.4 is 10.6 Å². The van der Waals surface area contributed by atoms with E-state index >= 15 is 0 Å². The van der Waals surface area contributed by atoms with Crippen molar-refractivity contribution in [2.75, 3.05) is 27.3 Å². The lowest BCUT2D eigenvalue weighted by Gasteiger charge is -2.16. The third kappa shape index (κ3) is 5.62. The summed E-state index contributed by atoms with van der Waals surface area (Å²) in [6, 6.07) is 8.70. The van der Waals surface area contributed by atoms with Crippen LogP contribution in [0.3, 0.4) is 0 Å². The average Bonchev–Trinajstić information content (AvgIpc) is 3.03. The molecule has 1 aromatic carbocycles. The van der Waals surface area contributed by atoms with E-state index in [-0.39, 0.29) is 6.04 Å². The van der Waals surface area contributed by atoms with Crippen molar-refractivity contribution in [1.82, 2.24) is 15.6 Å². The quantitative estimate of drug-likeness (QED) is 0.598. The zero-order valence-corrected chi connectivity index (χ0v) is 15.6. The van der Waals surface area contributed by atoms with Crippen LogP contribution in [0.15, 0.2) is 34.6 Å². The smallest absolute Gasteiger partial charge is 0.191 e. The Hall–Kier alpha value is -1.92. The minimum absolute atomic E-state index is 0.216. The van der Waals surface area contributed by atoms with Gasteiger partial charge in [0.05, 0.1) is 12.3 Å². The maximum Gasteiger partial charge on any atom is 0.191 e. The highest BCUT2D eigenvalue weighted by Crippen LogP contribution is 2.24. The van der Waals surface area contributed by atoms with Gasteiger partial charge in [0, 0.05) is 44.1 Å². The lowest BCUT2D eigenvalue weighted by molar-refractivity contribution is 0.179. The highest BCUT2D eigenvalue weighted by Gasteiger charge is 2.07. The normalized spacial score (nSPS) is 12.9.